The first-order chi connectivity index (χ1) is 10.8. The van der Waals surface area contributed by atoms with Gasteiger partial charge in [0.05, 0.1) is 18.1 Å². The Balaban J connectivity index is 1.99. The highest BCUT2D eigenvalue weighted by Crippen LogP contribution is 2.37. The largest absolute Gasteiger partial charge is 0.497 e. The van der Waals surface area contributed by atoms with E-state index in [9.17, 15) is 0 Å². The minimum Gasteiger partial charge on any atom is -0.497 e. The van der Waals surface area contributed by atoms with Crippen molar-refractivity contribution in [3.8, 4) is 5.75 Å². The summed E-state index contributed by atoms with van der Waals surface area (Å²) in [6.45, 7) is 0. The van der Waals surface area contributed by atoms with Gasteiger partial charge in [-0.3, -0.25) is 0 Å². The fraction of sp³-hybridized carbons (Fsp3) is 0.0526. The maximum Gasteiger partial charge on any atom is 0.159 e. The molecule has 0 amide bonds. The Morgan fingerprint density at radius 2 is 1.68 bits per heavy atom. The normalized spacial score (nSPS) is 11.9. The number of H-pyrrole nitrogens is 1. The van der Waals surface area contributed by atoms with Gasteiger partial charge in [-0.1, -0.05) is 24.3 Å². The number of aromatic amines is 1. The van der Waals surface area contributed by atoms with E-state index in [0.717, 1.165) is 38.7 Å². The molecule has 3 nitrogen and oxygen atoms in total. The van der Waals surface area contributed by atoms with Crippen molar-refractivity contribution in [1.82, 2.24) is 4.98 Å². The first kappa shape index (κ1) is 11.7. The van der Waals surface area contributed by atoms with Gasteiger partial charge in [0, 0.05) is 27.6 Å². The minimum absolute atomic E-state index is 0.847. The van der Waals surface area contributed by atoms with E-state index in [2.05, 4.69) is 29.2 Å². The van der Waals surface area contributed by atoms with E-state index < -0.39 is 0 Å². The van der Waals surface area contributed by atoms with Crippen molar-refractivity contribution in [3.05, 3.63) is 54.6 Å². The van der Waals surface area contributed by atoms with Crippen LogP contribution in [0.2, 0.25) is 0 Å². The van der Waals surface area contributed by atoms with Crippen LogP contribution >= 0.6 is 0 Å². The second-order valence-electron chi connectivity index (χ2n) is 5.50. The Labute approximate surface area is 126 Å². The maximum atomic E-state index is 6.09. The molecule has 2 heterocycles. The highest BCUT2D eigenvalue weighted by Gasteiger charge is 2.13. The third kappa shape index (κ3) is 1.40. The number of para-hydroxylation sites is 1. The zero-order chi connectivity index (χ0) is 14.7. The Bertz CT molecular complexity index is 1160. The lowest BCUT2D eigenvalue weighted by molar-refractivity contribution is 0.415. The number of hydrogen-bond acceptors (Lipinski definition) is 2. The molecule has 0 fully saturated rings. The molecule has 106 valence electrons. The van der Waals surface area contributed by atoms with E-state index in [0.29, 0.717) is 0 Å². The number of rotatable bonds is 1. The lowest BCUT2D eigenvalue weighted by Crippen LogP contribution is -1.80. The smallest absolute Gasteiger partial charge is 0.159 e. The first-order valence-corrected chi connectivity index (χ1v) is 7.25. The molecule has 3 aromatic carbocycles. The molecule has 0 saturated carbocycles. The summed E-state index contributed by atoms with van der Waals surface area (Å²) >= 11 is 0. The van der Waals surface area contributed by atoms with Crippen molar-refractivity contribution in [2.45, 2.75) is 0 Å². The van der Waals surface area contributed by atoms with E-state index in [4.69, 9.17) is 9.15 Å². The summed E-state index contributed by atoms with van der Waals surface area (Å²) < 4.78 is 11.4. The van der Waals surface area contributed by atoms with Gasteiger partial charge in [-0.25, -0.2) is 0 Å². The third-order valence-electron chi connectivity index (χ3n) is 4.32. The Kier molecular flexibility index (Phi) is 2.15. The predicted octanol–water partition coefficient (Wildman–Crippen LogP) is 5.23. The SMILES string of the molecule is COc1ccc2c(c1)[nH]c1c2ccc2c3ccccc3oc21. The van der Waals surface area contributed by atoms with Crippen molar-refractivity contribution in [3.63, 3.8) is 0 Å². The molecule has 0 aliphatic heterocycles. The quantitative estimate of drug-likeness (QED) is 0.458. The molecule has 0 saturated heterocycles. The zero-order valence-corrected chi connectivity index (χ0v) is 12.0. The van der Waals surface area contributed by atoms with Crippen LogP contribution in [0.4, 0.5) is 0 Å². The minimum atomic E-state index is 0.847. The Morgan fingerprint density at radius 3 is 2.59 bits per heavy atom. The number of furan rings is 1. The van der Waals surface area contributed by atoms with Gasteiger partial charge in [0.25, 0.3) is 0 Å². The predicted molar refractivity (Wildman–Crippen MR) is 89.6 cm³/mol. The molecular weight excluding hydrogens is 274 g/mol. The van der Waals surface area contributed by atoms with Gasteiger partial charge >= 0.3 is 0 Å². The van der Waals surface area contributed by atoms with Crippen LogP contribution < -0.4 is 4.74 Å². The summed E-state index contributed by atoms with van der Waals surface area (Å²) in [7, 11) is 1.68. The van der Waals surface area contributed by atoms with Crippen LogP contribution in [0.1, 0.15) is 0 Å². The van der Waals surface area contributed by atoms with Crippen LogP contribution in [0.5, 0.6) is 5.75 Å². The molecule has 0 aliphatic carbocycles. The number of fused-ring (bicyclic) bond motifs is 7. The number of benzene rings is 3. The van der Waals surface area contributed by atoms with E-state index in [1.54, 1.807) is 7.11 Å². The lowest BCUT2D eigenvalue weighted by Gasteiger charge is -1.98. The molecule has 3 heteroatoms. The van der Waals surface area contributed by atoms with Gasteiger partial charge in [-0.2, -0.15) is 0 Å². The molecule has 5 rings (SSSR count). The van der Waals surface area contributed by atoms with Crippen LogP contribution in [0.3, 0.4) is 0 Å². The number of hydrogen-bond donors (Lipinski definition) is 1. The number of ether oxygens (including phenoxy) is 1. The lowest BCUT2D eigenvalue weighted by atomic mass is 10.1. The van der Waals surface area contributed by atoms with E-state index in [1.165, 1.54) is 10.8 Å². The average Bonchev–Trinajstić information content (AvgIpc) is 3.12. The monoisotopic (exact) mass is 287 g/mol. The van der Waals surface area contributed by atoms with Crippen LogP contribution in [0, 0.1) is 0 Å². The topological polar surface area (TPSA) is 38.2 Å². The van der Waals surface area contributed by atoms with Crippen molar-refractivity contribution in [2.24, 2.45) is 0 Å². The van der Waals surface area contributed by atoms with Crippen LogP contribution in [-0.2, 0) is 0 Å². The van der Waals surface area contributed by atoms with Crippen molar-refractivity contribution >= 4 is 43.7 Å². The first-order valence-electron chi connectivity index (χ1n) is 7.25. The molecule has 0 unspecified atom stereocenters. The molecule has 0 atom stereocenters. The molecular formula is C19H13NO2. The van der Waals surface area contributed by atoms with Gasteiger partial charge in [0.2, 0.25) is 0 Å². The average molecular weight is 287 g/mol. The van der Waals surface area contributed by atoms with Gasteiger partial charge in [-0.15, -0.1) is 0 Å². The molecule has 0 radical (unpaired) electrons. The molecule has 1 N–H and O–H groups in total. The second kappa shape index (κ2) is 4.04. The summed E-state index contributed by atoms with van der Waals surface area (Å²) in [4.78, 5) is 3.48. The van der Waals surface area contributed by atoms with Crippen LogP contribution in [0.15, 0.2) is 59.0 Å². The summed E-state index contributed by atoms with van der Waals surface area (Å²) in [6.07, 6.45) is 0. The molecule has 0 spiro atoms. The highest BCUT2D eigenvalue weighted by molar-refractivity contribution is 6.20. The maximum absolute atomic E-state index is 6.09. The fourth-order valence-electron chi connectivity index (χ4n) is 3.26. The second-order valence-corrected chi connectivity index (χ2v) is 5.50. The summed E-state index contributed by atoms with van der Waals surface area (Å²) in [5.74, 6) is 0.847. The molecule has 2 aromatic heterocycles. The molecule has 0 aliphatic rings. The van der Waals surface area contributed by atoms with E-state index >= 15 is 0 Å². The standard InChI is InChI=1S/C19H13NO2/c1-21-11-6-7-12-14-8-9-15-13-4-2-3-5-17(13)22-19(15)18(14)20-16(12)10-11/h2-10,20H,1H3. The van der Waals surface area contributed by atoms with Gasteiger partial charge < -0.3 is 14.1 Å². The highest BCUT2D eigenvalue weighted by atomic mass is 16.5. The Hall–Kier alpha value is -2.94. The number of aromatic nitrogens is 1. The van der Waals surface area contributed by atoms with Gasteiger partial charge in [-0.05, 0) is 24.3 Å². The Morgan fingerprint density at radius 1 is 0.864 bits per heavy atom. The number of methoxy groups -OCH3 is 1. The van der Waals surface area contributed by atoms with Crippen molar-refractivity contribution in [1.29, 1.82) is 0 Å². The van der Waals surface area contributed by atoms with Crippen molar-refractivity contribution < 1.29 is 9.15 Å². The fourth-order valence-corrected chi connectivity index (χ4v) is 3.26. The molecule has 5 aromatic rings. The van der Waals surface area contributed by atoms with Crippen LogP contribution in [0.25, 0.3) is 43.7 Å². The zero-order valence-electron chi connectivity index (χ0n) is 12.0. The molecule has 22 heavy (non-hydrogen) atoms. The third-order valence-corrected chi connectivity index (χ3v) is 4.32. The molecule has 0 bridgehead atoms. The van der Waals surface area contributed by atoms with E-state index in [-0.39, 0.29) is 0 Å². The van der Waals surface area contributed by atoms with Gasteiger partial charge in [0.15, 0.2) is 5.58 Å². The summed E-state index contributed by atoms with van der Waals surface area (Å²) in [5.41, 5.74) is 3.93. The summed E-state index contributed by atoms with van der Waals surface area (Å²) in [6, 6.07) is 18.5. The van der Waals surface area contributed by atoms with Gasteiger partial charge in [0.1, 0.15) is 11.3 Å². The number of nitrogens with one attached hydrogen (secondary N) is 1. The van der Waals surface area contributed by atoms with Crippen molar-refractivity contribution in [2.75, 3.05) is 7.11 Å². The van der Waals surface area contributed by atoms with E-state index in [1.807, 2.05) is 30.3 Å². The van der Waals surface area contributed by atoms with Crippen LogP contribution in [-0.4, -0.2) is 12.1 Å². The summed E-state index contributed by atoms with van der Waals surface area (Å²) in [5, 5.41) is 4.64.